The smallest absolute Gasteiger partial charge is 0.389 e. The van der Waals surface area contributed by atoms with Crippen LogP contribution in [-0.2, 0) is 5.41 Å². The van der Waals surface area contributed by atoms with E-state index in [2.05, 4.69) is 4.98 Å². The molecule has 0 spiro atoms. The highest BCUT2D eigenvalue weighted by atomic mass is 19.4. The van der Waals surface area contributed by atoms with Gasteiger partial charge in [-0.1, -0.05) is 13.8 Å². The Kier molecular flexibility index (Phi) is 6.74. The van der Waals surface area contributed by atoms with Crippen molar-refractivity contribution in [1.29, 1.82) is 0 Å². The largest absolute Gasteiger partial charge is 0.496 e. The monoisotopic (exact) mass is 464 g/mol. The molecule has 1 N–H and O–H groups in total. The van der Waals surface area contributed by atoms with Crippen LogP contribution in [-0.4, -0.2) is 46.8 Å². The summed E-state index contributed by atoms with van der Waals surface area (Å²) in [4.78, 5) is 17.0. The van der Waals surface area contributed by atoms with E-state index in [1.807, 2.05) is 36.6 Å². The van der Waals surface area contributed by atoms with E-state index in [9.17, 15) is 23.1 Å². The van der Waals surface area contributed by atoms with E-state index >= 15 is 0 Å². The summed E-state index contributed by atoms with van der Waals surface area (Å²) in [6.45, 7) is 5.62. The Hall–Kier alpha value is -3.07. The highest BCUT2D eigenvalue weighted by Crippen LogP contribution is 2.37. The molecule has 2 heterocycles. The first-order chi connectivity index (χ1) is 15.4. The molecule has 6 nitrogen and oxygen atoms in total. The SMILES string of the molecule is COc1cc(-c2cnc3cc(C(C)(C)C(C)O)ccn23)cc(OC)c1C(=O)CCC(F)(F)F. The Balaban J connectivity index is 2.06. The zero-order valence-electron chi connectivity index (χ0n) is 19.2. The number of ether oxygens (including phenoxy) is 2. The second-order valence-electron chi connectivity index (χ2n) is 8.48. The van der Waals surface area contributed by atoms with E-state index in [0.29, 0.717) is 16.9 Å². The first-order valence-corrected chi connectivity index (χ1v) is 10.4. The molecule has 0 saturated heterocycles. The number of carbonyl (C=O) groups is 1. The van der Waals surface area contributed by atoms with E-state index in [1.165, 1.54) is 14.2 Å². The molecule has 3 aromatic rings. The number of pyridine rings is 1. The molecule has 2 aromatic heterocycles. The van der Waals surface area contributed by atoms with Crippen molar-refractivity contribution < 1.29 is 32.5 Å². The summed E-state index contributed by atoms with van der Waals surface area (Å²) < 4.78 is 50.3. The number of nitrogens with zero attached hydrogens (tertiary/aromatic N) is 2. The van der Waals surface area contributed by atoms with Crippen LogP contribution in [0.4, 0.5) is 13.2 Å². The van der Waals surface area contributed by atoms with Gasteiger partial charge >= 0.3 is 6.18 Å². The van der Waals surface area contributed by atoms with Crippen LogP contribution in [0.3, 0.4) is 0 Å². The maximum atomic E-state index is 12.6. The number of Topliss-reactive ketones (excluding diaryl/α,β-unsaturated/α-hetero) is 1. The van der Waals surface area contributed by atoms with Gasteiger partial charge < -0.3 is 14.6 Å². The highest BCUT2D eigenvalue weighted by molar-refractivity contribution is 6.02. The fourth-order valence-electron chi connectivity index (χ4n) is 3.55. The number of alkyl halides is 3. The molecule has 0 amide bonds. The second kappa shape index (κ2) is 9.05. The third-order valence-corrected chi connectivity index (χ3v) is 6.02. The minimum atomic E-state index is -4.44. The molecule has 0 radical (unpaired) electrons. The summed E-state index contributed by atoms with van der Waals surface area (Å²) in [5.41, 5.74) is 2.37. The summed E-state index contributed by atoms with van der Waals surface area (Å²) in [6.07, 6.45) is -3.45. The van der Waals surface area contributed by atoms with Gasteiger partial charge in [-0.25, -0.2) is 4.98 Å². The standard InChI is InChI=1S/C24H27F3N2O4/c1-14(30)23(2,3)16-7-9-29-17(13-28-21(29)12-16)15-10-19(32-4)22(20(11-15)33-5)18(31)6-8-24(25,26)27/h7,9-14,30H,6,8H2,1-5H3. The number of fused-ring (bicyclic) bond motifs is 1. The fraction of sp³-hybridized carbons (Fsp3) is 0.417. The molecular weight excluding hydrogens is 437 g/mol. The summed E-state index contributed by atoms with van der Waals surface area (Å²) in [5.74, 6) is -0.465. The normalized spacial score (nSPS) is 13.2. The lowest BCUT2D eigenvalue weighted by molar-refractivity contribution is -0.133. The van der Waals surface area contributed by atoms with Crippen molar-refractivity contribution in [3.63, 3.8) is 0 Å². The summed E-state index contributed by atoms with van der Waals surface area (Å²) in [6, 6.07) is 6.95. The first-order valence-electron chi connectivity index (χ1n) is 10.4. The Bertz CT molecular complexity index is 1140. The van der Waals surface area contributed by atoms with Gasteiger partial charge in [0.1, 0.15) is 22.7 Å². The minimum absolute atomic E-state index is 0.0252. The van der Waals surface area contributed by atoms with Crippen LogP contribution in [0.15, 0.2) is 36.7 Å². The van der Waals surface area contributed by atoms with Gasteiger partial charge in [-0.05, 0) is 36.8 Å². The predicted molar refractivity (Wildman–Crippen MR) is 118 cm³/mol. The Morgan fingerprint density at radius 3 is 2.27 bits per heavy atom. The van der Waals surface area contributed by atoms with Crippen LogP contribution < -0.4 is 9.47 Å². The van der Waals surface area contributed by atoms with Crippen molar-refractivity contribution in [2.24, 2.45) is 0 Å². The van der Waals surface area contributed by atoms with Crippen LogP contribution in [0, 0.1) is 0 Å². The number of methoxy groups -OCH3 is 2. The molecule has 0 aliphatic rings. The molecule has 0 bridgehead atoms. The number of rotatable bonds is 8. The van der Waals surface area contributed by atoms with E-state index in [0.717, 1.165) is 5.56 Å². The second-order valence-corrected chi connectivity index (χ2v) is 8.48. The number of hydrogen-bond acceptors (Lipinski definition) is 5. The number of aromatic nitrogens is 2. The van der Waals surface area contributed by atoms with Crippen molar-refractivity contribution in [3.8, 4) is 22.8 Å². The van der Waals surface area contributed by atoms with Gasteiger partial charge in [-0.15, -0.1) is 0 Å². The van der Waals surface area contributed by atoms with Crippen molar-refractivity contribution >= 4 is 11.4 Å². The van der Waals surface area contributed by atoms with Gasteiger partial charge in [-0.3, -0.25) is 9.20 Å². The number of imidazole rings is 1. The zero-order valence-corrected chi connectivity index (χ0v) is 19.2. The van der Waals surface area contributed by atoms with E-state index < -0.39 is 36.3 Å². The summed E-state index contributed by atoms with van der Waals surface area (Å²) in [7, 11) is 2.69. The van der Waals surface area contributed by atoms with Crippen molar-refractivity contribution in [1.82, 2.24) is 9.38 Å². The molecule has 0 fully saturated rings. The summed E-state index contributed by atoms with van der Waals surface area (Å²) in [5, 5.41) is 10.1. The van der Waals surface area contributed by atoms with E-state index in [-0.39, 0.29) is 17.1 Å². The summed E-state index contributed by atoms with van der Waals surface area (Å²) >= 11 is 0. The van der Waals surface area contributed by atoms with Crippen LogP contribution in [0.1, 0.15) is 49.5 Å². The lowest BCUT2D eigenvalue weighted by atomic mass is 9.80. The molecule has 1 aromatic carbocycles. The van der Waals surface area contributed by atoms with Crippen molar-refractivity contribution in [2.45, 2.75) is 51.3 Å². The van der Waals surface area contributed by atoms with Crippen molar-refractivity contribution in [3.05, 3.63) is 47.8 Å². The molecule has 3 rings (SSSR count). The van der Waals surface area contributed by atoms with Gasteiger partial charge in [0.05, 0.1) is 38.6 Å². The van der Waals surface area contributed by atoms with Gasteiger partial charge in [0.15, 0.2) is 5.78 Å². The number of ketones is 1. The average Bonchev–Trinajstić information content (AvgIpc) is 3.19. The number of benzene rings is 1. The quantitative estimate of drug-likeness (QED) is 0.464. The third kappa shape index (κ3) is 4.98. The Morgan fingerprint density at radius 2 is 1.76 bits per heavy atom. The zero-order chi connectivity index (χ0) is 24.6. The Labute approximate surface area is 190 Å². The number of carbonyl (C=O) groups excluding carboxylic acids is 1. The molecule has 0 saturated carbocycles. The van der Waals surface area contributed by atoms with E-state index in [4.69, 9.17) is 9.47 Å². The van der Waals surface area contributed by atoms with Crippen LogP contribution >= 0.6 is 0 Å². The number of aliphatic hydroxyl groups is 1. The highest BCUT2D eigenvalue weighted by Gasteiger charge is 2.30. The van der Waals surface area contributed by atoms with Gasteiger partial charge in [0, 0.05) is 23.6 Å². The molecule has 0 aliphatic heterocycles. The first kappa shape index (κ1) is 24.6. The van der Waals surface area contributed by atoms with E-state index in [1.54, 1.807) is 25.3 Å². The maximum absolute atomic E-state index is 12.6. The molecule has 0 aliphatic carbocycles. The number of hydrogen-bond donors (Lipinski definition) is 1. The molecule has 178 valence electrons. The molecule has 1 atom stereocenters. The fourth-order valence-corrected chi connectivity index (χ4v) is 3.55. The number of aliphatic hydroxyl groups excluding tert-OH is 1. The number of halogens is 3. The maximum Gasteiger partial charge on any atom is 0.389 e. The minimum Gasteiger partial charge on any atom is -0.496 e. The third-order valence-electron chi connectivity index (χ3n) is 6.02. The van der Waals surface area contributed by atoms with Crippen LogP contribution in [0.25, 0.3) is 16.9 Å². The average molecular weight is 464 g/mol. The molecule has 33 heavy (non-hydrogen) atoms. The van der Waals surface area contributed by atoms with Gasteiger partial charge in [0.25, 0.3) is 0 Å². The molecule has 9 heteroatoms. The lowest BCUT2D eigenvalue weighted by Gasteiger charge is -2.28. The van der Waals surface area contributed by atoms with Crippen molar-refractivity contribution in [2.75, 3.05) is 14.2 Å². The topological polar surface area (TPSA) is 73.1 Å². The van der Waals surface area contributed by atoms with Gasteiger partial charge in [0.2, 0.25) is 0 Å². The lowest BCUT2D eigenvalue weighted by Crippen LogP contribution is -2.31. The molecular formula is C24H27F3N2O4. The van der Waals surface area contributed by atoms with Crippen LogP contribution in [0.5, 0.6) is 11.5 Å². The van der Waals surface area contributed by atoms with Crippen LogP contribution in [0.2, 0.25) is 0 Å². The Morgan fingerprint density at radius 1 is 1.15 bits per heavy atom. The van der Waals surface area contributed by atoms with Gasteiger partial charge in [-0.2, -0.15) is 13.2 Å². The molecule has 1 unspecified atom stereocenters. The predicted octanol–water partition coefficient (Wildman–Crippen LogP) is 5.20.